The highest BCUT2D eigenvalue weighted by Crippen LogP contribution is 2.09. The van der Waals surface area contributed by atoms with Crippen LogP contribution >= 0.6 is 12.4 Å². The van der Waals surface area contributed by atoms with Gasteiger partial charge in [-0.25, -0.2) is 4.99 Å². The molecule has 0 aliphatic rings. The number of rotatable bonds is 2. The first-order valence-corrected chi connectivity index (χ1v) is 4.22. The topological polar surface area (TPSA) is 48.2 Å². The second kappa shape index (κ2) is 6.84. The molecule has 0 aliphatic heterocycles. The quantitative estimate of drug-likeness (QED) is 0.364. The summed E-state index contributed by atoms with van der Waals surface area (Å²) in [6.07, 6.45) is 1.30. The monoisotopic (exact) mass is 227 g/mol. The fourth-order valence-electron chi connectivity index (χ4n) is 0.931. The molecule has 1 aromatic rings. The maximum atomic E-state index is 8.43. The molecule has 0 heterocycles. The van der Waals surface area contributed by atoms with Crippen molar-refractivity contribution >= 4 is 30.1 Å². The summed E-state index contributed by atoms with van der Waals surface area (Å²) in [5, 5.41) is 11.4. The number of amidine groups is 1. The summed E-state index contributed by atoms with van der Waals surface area (Å²) in [7, 11) is 3.67. The predicted octanol–water partition coefficient (Wildman–Crippen LogP) is 2.16. The van der Waals surface area contributed by atoms with E-state index in [1.807, 2.05) is 44.4 Å². The van der Waals surface area contributed by atoms with Crippen molar-refractivity contribution in [3.8, 4) is 0 Å². The molecule has 4 nitrogen and oxygen atoms in total. The van der Waals surface area contributed by atoms with Gasteiger partial charge in [0.1, 0.15) is 6.21 Å². The summed E-state index contributed by atoms with van der Waals surface area (Å²) in [6.45, 7) is 0. The molecule has 0 fully saturated rings. The Morgan fingerprint density at radius 1 is 1.27 bits per heavy atom. The van der Waals surface area contributed by atoms with Crippen molar-refractivity contribution in [2.75, 3.05) is 14.1 Å². The molecule has 0 aromatic heterocycles. The Hall–Kier alpha value is -1.55. The fraction of sp³-hybridized carbons (Fsp3) is 0.200. The van der Waals surface area contributed by atoms with Crippen molar-refractivity contribution in [3.63, 3.8) is 0 Å². The van der Waals surface area contributed by atoms with E-state index in [1.54, 1.807) is 4.90 Å². The maximum absolute atomic E-state index is 8.43. The third-order valence-corrected chi connectivity index (χ3v) is 1.63. The van der Waals surface area contributed by atoms with E-state index in [1.165, 1.54) is 6.21 Å². The third-order valence-electron chi connectivity index (χ3n) is 1.63. The van der Waals surface area contributed by atoms with Gasteiger partial charge in [-0.05, 0) is 12.1 Å². The van der Waals surface area contributed by atoms with Crippen molar-refractivity contribution in [1.82, 2.24) is 4.90 Å². The van der Waals surface area contributed by atoms with Crippen LogP contribution in [0.1, 0.15) is 0 Å². The molecule has 0 saturated carbocycles. The minimum absolute atomic E-state index is 0. The average molecular weight is 228 g/mol. The molecule has 0 atom stereocenters. The number of nitrogens with zero attached hydrogens (tertiary/aromatic N) is 3. The molecule has 1 aromatic carbocycles. The Balaban J connectivity index is 0.00000196. The molecular formula is C10H14ClN3O. The summed E-state index contributed by atoms with van der Waals surface area (Å²) in [4.78, 5) is 6.05. The van der Waals surface area contributed by atoms with E-state index in [2.05, 4.69) is 10.1 Å². The zero-order valence-corrected chi connectivity index (χ0v) is 9.48. The zero-order chi connectivity index (χ0) is 10.4. The number of aliphatic imine (C=N–C) groups is 1. The minimum atomic E-state index is 0. The SMILES string of the molecule is CN(C)C(/C=N/O)=N/c1ccccc1.Cl. The summed E-state index contributed by atoms with van der Waals surface area (Å²) in [5.74, 6) is 0.596. The molecule has 0 bridgehead atoms. The summed E-state index contributed by atoms with van der Waals surface area (Å²) in [5.41, 5.74) is 0.830. The summed E-state index contributed by atoms with van der Waals surface area (Å²) < 4.78 is 0. The van der Waals surface area contributed by atoms with Crippen LogP contribution < -0.4 is 0 Å². The van der Waals surface area contributed by atoms with Crippen LogP contribution in [0.25, 0.3) is 0 Å². The van der Waals surface area contributed by atoms with Gasteiger partial charge in [0, 0.05) is 14.1 Å². The first-order valence-electron chi connectivity index (χ1n) is 4.22. The number of hydrogen-bond donors (Lipinski definition) is 1. The molecule has 0 amide bonds. The van der Waals surface area contributed by atoms with Gasteiger partial charge in [0.05, 0.1) is 5.69 Å². The van der Waals surface area contributed by atoms with Gasteiger partial charge < -0.3 is 10.1 Å². The zero-order valence-electron chi connectivity index (χ0n) is 8.66. The predicted molar refractivity (Wildman–Crippen MR) is 64.8 cm³/mol. The number of halogens is 1. The molecule has 0 unspecified atom stereocenters. The fourth-order valence-corrected chi connectivity index (χ4v) is 0.931. The number of para-hydroxylation sites is 1. The first kappa shape index (κ1) is 13.5. The van der Waals surface area contributed by atoms with E-state index in [9.17, 15) is 0 Å². The van der Waals surface area contributed by atoms with Crippen LogP contribution in [-0.2, 0) is 0 Å². The van der Waals surface area contributed by atoms with Gasteiger partial charge >= 0.3 is 0 Å². The average Bonchev–Trinajstić information content (AvgIpc) is 2.18. The van der Waals surface area contributed by atoms with Gasteiger partial charge in [0.25, 0.3) is 0 Å². The normalized spacial score (nSPS) is 11.2. The van der Waals surface area contributed by atoms with Crippen LogP contribution in [0.3, 0.4) is 0 Å². The third kappa shape index (κ3) is 4.46. The molecule has 0 spiro atoms. The van der Waals surface area contributed by atoms with Crippen molar-refractivity contribution in [2.24, 2.45) is 10.1 Å². The Labute approximate surface area is 95.3 Å². The van der Waals surface area contributed by atoms with Crippen molar-refractivity contribution in [1.29, 1.82) is 0 Å². The van der Waals surface area contributed by atoms with Gasteiger partial charge in [0.15, 0.2) is 5.84 Å². The highest BCUT2D eigenvalue weighted by Gasteiger charge is 1.97. The second-order valence-corrected chi connectivity index (χ2v) is 2.94. The lowest BCUT2D eigenvalue weighted by atomic mass is 10.3. The van der Waals surface area contributed by atoms with E-state index in [-0.39, 0.29) is 12.4 Å². The van der Waals surface area contributed by atoms with Gasteiger partial charge in [-0.1, -0.05) is 23.4 Å². The Kier molecular flexibility index (Phi) is 6.13. The van der Waals surface area contributed by atoms with E-state index < -0.39 is 0 Å². The second-order valence-electron chi connectivity index (χ2n) is 2.94. The Bertz CT molecular complexity index is 336. The number of benzene rings is 1. The van der Waals surface area contributed by atoms with Crippen LogP contribution in [0.5, 0.6) is 0 Å². The first-order chi connectivity index (χ1) is 6.74. The molecule has 0 aliphatic carbocycles. The van der Waals surface area contributed by atoms with E-state index in [0.717, 1.165) is 5.69 Å². The van der Waals surface area contributed by atoms with Crippen LogP contribution in [0.15, 0.2) is 40.5 Å². The smallest absolute Gasteiger partial charge is 0.150 e. The summed E-state index contributed by atoms with van der Waals surface area (Å²) >= 11 is 0. The minimum Gasteiger partial charge on any atom is -0.411 e. The molecule has 5 heteroatoms. The lowest BCUT2D eigenvalue weighted by Crippen LogP contribution is -2.22. The lowest BCUT2D eigenvalue weighted by Gasteiger charge is -2.10. The van der Waals surface area contributed by atoms with E-state index in [0.29, 0.717) is 5.84 Å². The highest BCUT2D eigenvalue weighted by molar-refractivity contribution is 6.29. The van der Waals surface area contributed by atoms with Crippen LogP contribution in [-0.4, -0.2) is 36.3 Å². The van der Waals surface area contributed by atoms with Crippen LogP contribution in [0.2, 0.25) is 0 Å². The van der Waals surface area contributed by atoms with Crippen LogP contribution in [0.4, 0.5) is 5.69 Å². The van der Waals surface area contributed by atoms with Crippen LogP contribution in [0, 0.1) is 0 Å². The van der Waals surface area contributed by atoms with Gasteiger partial charge in [-0.3, -0.25) is 0 Å². The molecule has 0 radical (unpaired) electrons. The van der Waals surface area contributed by atoms with Gasteiger partial charge in [-0.15, -0.1) is 12.4 Å². The molecular weight excluding hydrogens is 214 g/mol. The van der Waals surface area contributed by atoms with Gasteiger partial charge in [-0.2, -0.15) is 0 Å². The molecule has 82 valence electrons. The number of hydrogen-bond acceptors (Lipinski definition) is 3. The van der Waals surface area contributed by atoms with E-state index in [4.69, 9.17) is 5.21 Å². The maximum Gasteiger partial charge on any atom is 0.150 e. The molecule has 15 heavy (non-hydrogen) atoms. The molecule has 1 N–H and O–H groups in total. The summed E-state index contributed by atoms with van der Waals surface area (Å²) in [6, 6.07) is 9.50. The number of oxime groups is 1. The van der Waals surface area contributed by atoms with Crippen molar-refractivity contribution in [2.45, 2.75) is 0 Å². The molecule has 1 rings (SSSR count). The van der Waals surface area contributed by atoms with Crippen molar-refractivity contribution < 1.29 is 5.21 Å². The Morgan fingerprint density at radius 3 is 2.33 bits per heavy atom. The standard InChI is InChI=1S/C10H13N3O.ClH/c1-13(2)10(8-11-14)12-9-6-4-3-5-7-9;/h3-8,14H,1-2H3;1H/b11-8+,12-10+;. The Morgan fingerprint density at radius 2 is 1.87 bits per heavy atom. The van der Waals surface area contributed by atoms with E-state index >= 15 is 0 Å². The van der Waals surface area contributed by atoms with Gasteiger partial charge in [0.2, 0.25) is 0 Å². The lowest BCUT2D eigenvalue weighted by molar-refractivity contribution is 0.322. The highest BCUT2D eigenvalue weighted by atomic mass is 35.5. The van der Waals surface area contributed by atoms with Crippen molar-refractivity contribution in [3.05, 3.63) is 30.3 Å². The largest absolute Gasteiger partial charge is 0.411 e. The molecule has 0 saturated heterocycles.